The zero-order valence-corrected chi connectivity index (χ0v) is 16.2. The van der Waals surface area contributed by atoms with Crippen molar-refractivity contribution < 1.29 is 4.79 Å². The Morgan fingerprint density at radius 1 is 1.19 bits per heavy atom. The van der Waals surface area contributed by atoms with Gasteiger partial charge < -0.3 is 10.2 Å². The second-order valence-corrected chi connectivity index (χ2v) is 7.39. The predicted octanol–water partition coefficient (Wildman–Crippen LogP) is 3.97. The largest absolute Gasteiger partial charge is 0.370 e. The van der Waals surface area contributed by atoms with Gasteiger partial charge in [-0.15, -0.1) is 0 Å². The van der Waals surface area contributed by atoms with E-state index in [4.69, 9.17) is 0 Å². The van der Waals surface area contributed by atoms with Crippen LogP contribution < -0.4 is 10.2 Å². The Morgan fingerprint density at radius 3 is 2.77 bits per heavy atom. The molecule has 7 heteroatoms. The highest BCUT2D eigenvalue weighted by Gasteiger charge is 2.19. The number of benzene rings is 1. The Kier molecular flexibility index (Phi) is 4.63. The van der Waals surface area contributed by atoms with Crippen molar-refractivity contribution in [1.82, 2.24) is 14.8 Å². The van der Waals surface area contributed by atoms with Gasteiger partial charge in [0, 0.05) is 31.7 Å². The molecule has 26 heavy (non-hydrogen) atoms. The van der Waals surface area contributed by atoms with Gasteiger partial charge in [0.05, 0.1) is 16.9 Å². The van der Waals surface area contributed by atoms with Gasteiger partial charge in [0.1, 0.15) is 10.3 Å². The number of fused-ring (bicyclic) bond motifs is 1. The van der Waals surface area contributed by atoms with Gasteiger partial charge in [0.2, 0.25) is 0 Å². The second kappa shape index (κ2) is 7.07. The molecule has 1 aliphatic rings. The van der Waals surface area contributed by atoms with E-state index in [1.165, 1.54) is 19.3 Å². The molecule has 0 radical (unpaired) electrons. The van der Waals surface area contributed by atoms with Crippen LogP contribution in [0.15, 0.2) is 41.1 Å². The van der Waals surface area contributed by atoms with Crippen molar-refractivity contribution in [3.8, 4) is 0 Å². The van der Waals surface area contributed by atoms with Gasteiger partial charge in [0.25, 0.3) is 5.91 Å². The lowest BCUT2D eigenvalue weighted by Crippen LogP contribution is -2.30. The third kappa shape index (κ3) is 3.44. The zero-order chi connectivity index (χ0) is 18.1. The number of carbonyl (C=O) groups is 1. The van der Waals surface area contributed by atoms with E-state index in [0.29, 0.717) is 10.3 Å². The van der Waals surface area contributed by atoms with E-state index in [1.54, 1.807) is 16.8 Å². The molecule has 1 aliphatic heterocycles. The van der Waals surface area contributed by atoms with Crippen LogP contribution in [0.2, 0.25) is 0 Å². The summed E-state index contributed by atoms with van der Waals surface area (Å²) in [7, 11) is 1.91. The Labute approximate surface area is 160 Å². The maximum atomic E-state index is 12.7. The molecule has 6 nitrogen and oxygen atoms in total. The van der Waals surface area contributed by atoms with E-state index in [9.17, 15) is 4.79 Å². The average molecular weight is 414 g/mol. The van der Waals surface area contributed by atoms with Crippen LogP contribution in [-0.4, -0.2) is 33.8 Å². The number of anilines is 2. The number of carbonyl (C=O) groups excluding carboxylic acids is 1. The third-order valence-corrected chi connectivity index (χ3v) is 5.07. The van der Waals surface area contributed by atoms with E-state index in [-0.39, 0.29) is 5.91 Å². The van der Waals surface area contributed by atoms with E-state index >= 15 is 0 Å². The van der Waals surface area contributed by atoms with Crippen LogP contribution >= 0.6 is 15.9 Å². The molecule has 1 amide bonds. The number of aryl methyl sites for hydroxylation is 1. The molecule has 0 atom stereocenters. The summed E-state index contributed by atoms with van der Waals surface area (Å²) in [4.78, 5) is 19.3. The molecule has 0 aliphatic carbocycles. The molecular formula is C19H20BrN5O. The first-order valence-corrected chi connectivity index (χ1v) is 9.56. The van der Waals surface area contributed by atoms with Crippen LogP contribution in [0.4, 0.5) is 11.4 Å². The number of rotatable bonds is 3. The summed E-state index contributed by atoms with van der Waals surface area (Å²) in [6.45, 7) is 1.99. The lowest BCUT2D eigenvalue weighted by molar-refractivity contribution is 0.102. The van der Waals surface area contributed by atoms with Crippen LogP contribution in [-0.2, 0) is 7.05 Å². The Hall–Kier alpha value is -2.41. The van der Waals surface area contributed by atoms with Crippen LogP contribution in [0.5, 0.6) is 0 Å². The maximum absolute atomic E-state index is 12.7. The molecule has 0 saturated carbocycles. The number of nitrogens with one attached hydrogen (secondary N) is 1. The summed E-state index contributed by atoms with van der Waals surface area (Å²) in [6.07, 6.45) is 5.55. The van der Waals surface area contributed by atoms with E-state index < -0.39 is 0 Å². The number of halogens is 1. The molecule has 0 spiro atoms. The molecular weight excluding hydrogens is 394 g/mol. The highest BCUT2D eigenvalue weighted by molar-refractivity contribution is 9.10. The second-order valence-electron chi connectivity index (χ2n) is 6.58. The van der Waals surface area contributed by atoms with Crippen molar-refractivity contribution in [3.63, 3.8) is 0 Å². The Bertz CT molecular complexity index is 962. The average Bonchev–Trinajstić information content (AvgIpc) is 3.00. The van der Waals surface area contributed by atoms with Gasteiger partial charge >= 0.3 is 0 Å². The topological polar surface area (TPSA) is 63.1 Å². The first-order chi connectivity index (χ1) is 12.6. The standard InChI is InChI=1S/C19H20BrN5O/c1-24-12-13-10-16(22-19(26)14-6-5-7-18(20)21-14)17(11-15(13)23-24)25-8-3-2-4-9-25/h5-7,10-12H,2-4,8-9H2,1H3,(H,22,26). The number of aromatic nitrogens is 3. The molecule has 3 aromatic rings. The minimum atomic E-state index is -0.215. The number of nitrogens with zero attached hydrogens (tertiary/aromatic N) is 4. The third-order valence-electron chi connectivity index (χ3n) is 4.63. The molecule has 3 heterocycles. The summed E-state index contributed by atoms with van der Waals surface area (Å²) >= 11 is 3.32. The molecule has 0 bridgehead atoms. The van der Waals surface area contributed by atoms with Crippen molar-refractivity contribution in [2.24, 2.45) is 7.05 Å². The van der Waals surface area contributed by atoms with E-state index in [2.05, 4.69) is 42.3 Å². The first kappa shape index (κ1) is 17.0. The Balaban J connectivity index is 1.72. The molecule has 0 unspecified atom stereocenters. The minimum Gasteiger partial charge on any atom is -0.370 e. The number of piperidine rings is 1. The molecule has 2 aromatic heterocycles. The number of hydrogen-bond donors (Lipinski definition) is 1. The first-order valence-electron chi connectivity index (χ1n) is 8.76. The fourth-order valence-electron chi connectivity index (χ4n) is 3.40. The maximum Gasteiger partial charge on any atom is 0.274 e. The van der Waals surface area contributed by atoms with Gasteiger partial charge in [-0.05, 0) is 59.5 Å². The molecule has 134 valence electrons. The van der Waals surface area contributed by atoms with Crippen LogP contribution in [0, 0.1) is 0 Å². The highest BCUT2D eigenvalue weighted by Crippen LogP contribution is 2.33. The summed E-state index contributed by atoms with van der Waals surface area (Å²) in [5.74, 6) is -0.215. The summed E-state index contributed by atoms with van der Waals surface area (Å²) in [6, 6.07) is 9.40. The monoisotopic (exact) mass is 413 g/mol. The number of hydrogen-bond acceptors (Lipinski definition) is 4. The molecule has 4 rings (SSSR count). The highest BCUT2D eigenvalue weighted by atomic mass is 79.9. The van der Waals surface area contributed by atoms with Crippen molar-refractivity contribution in [2.75, 3.05) is 23.3 Å². The zero-order valence-electron chi connectivity index (χ0n) is 14.6. The van der Waals surface area contributed by atoms with Crippen molar-refractivity contribution >= 4 is 44.1 Å². The molecule has 1 N–H and O–H groups in total. The lowest BCUT2D eigenvalue weighted by Gasteiger charge is -2.30. The SMILES string of the molecule is Cn1cc2cc(NC(=O)c3cccc(Br)n3)c(N3CCCCC3)cc2n1. The van der Waals surface area contributed by atoms with Gasteiger partial charge in [-0.1, -0.05) is 6.07 Å². The van der Waals surface area contributed by atoms with E-state index in [1.807, 2.05) is 25.4 Å². The Morgan fingerprint density at radius 2 is 2.00 bits per heavy atom. The van der Waals surface area contributed by atoms with Gasteiger partial charge in [-0.2, -0.15) is 5.10 Å². The number of pyridine rings is 1. The van der Waals surface area contributed by atoms with E-state index in [0.717, 1.165) is 35.4 Å². The summed E-state index contributed by atoms with van der Waals surface area (Å²) in [5.41, 5.74) is 3.15. The van der Waals surface area contributed by atoms with Crippen LogP contribution in [0.3, 0.4) is 0 Å². The van der Waals surface area contributed by atoms with Crippen LogP contribution in [0.25, 0.3) is 10.9 Å². The fourth-order valence-corrected chi connectivity index (χ4v) is 3.75. The molecule has 1 saturated heterocycles. The van der Waals surface area contributed by atoms with Gasteiger partial charge in [0.15, 0.2) is 0 Å². The predicted molar refractivity (Wildman–Crippen MR) is 107 cm³/mol. The van der Waals surface area contributed by atoms with Crippen LogP contribution in [0.1, 0.15) is 29.8 Å². The lowest BCUT2D eigenvalue weighted by atomic mass is 10.1. The smallest absolute Gasteiger partial charge is 0.274 e. The molecule has 1 fully saturated rings. The number of amides is 1. The normalized spacial score (nSPS) is 14.6. The van der Waals surface area contributed by atoms with Crippen molar-refractivity contribution in [1.29, 1.82) is 0 Å². The summed E-state index contributed by atoms with van der Waals surface area (Å²) < 4.78 is 2.44. The quantitative estimate of drug-likeness (QED) is 0.659. The van der Waals surface area contributed by atoms with Gasteiger partial charge in [-0.25, -0.2) is 4.98 Å². The van der Waals surface area contributed by atoms with Crippen molar-refractivity contribution in [3.05, 3.63) is 46.8 Å². The van der Waals surface area contributed by atoms with Crippen molar-refractivity contribution in [2.45, 2.75) is 19.3 Å². The summed E-state index contributed by atoms with van der Waals surface area (Å²) in [5, 5.41) is 8.57. The fraction of sp³-hybridized carbons (Fsp3) is 0.316. The molecule has 1 aromatic carbocycles. The van der Waals surface area contributed by atoms with Gasteiger partial charge in [-0.3, -0.25) is 9.48 Å². The minimum absolute atomic E-state index is 0.215.